The Labute approximate surface area is 135 Å². The molecule has 0 aromatic carbocycles. The summed E-state index contributed by atoms with van der Waals surface area (Å²) in [6.45, 7) is 4.16. The van der Waals surface area contributed by atoms with Crippen LogP contribution in [-0.2, 0) is 0 Å². The van der Waals surface area contributed by atoms with Crippen LogP contribution in [-0.4, -0.2) is 29.9 Å². The van der Waals surface area contributed by atoms with Gasteiger partial charge in [0.05, 0.1) is 0 Å². The SMILES string of the molecule is BrCCCCCCCCCN1CCC2(CCCC2)CC1. The van der Waals surface area contributed by atoms with Crippen LogP contribution in [0.1, 0.15) is 83.5 Å². The summed E-state index contributed by atoms with van der Waals surface area (Å²) in [5, 5.41) is 1.18. The summed E-state index contributed by atoms with van der Waals surface area (Å²) in [4.78, 5) is 2.74. The zero-order chi connectivity index (χ0) is 14.1. The lowest BCUT2D eigenvalue weighted by molar-refractivity contribution is 0.107. The van der Waals surface area contributed by atoms with E-state index in [4.69, 9.17) is 0 Å². The third kappa shape index (κ3) is 5.67. The normalized spacial score (nSPS) is 22.6. The molecule has 1 nitrogen and oxygen atoms in total. The minimum atomic E-state index is 0.798. The summed E-state index contributed by atoms with van der Waals surface area (Å²) in [6, 6.07) is 0. The molecule has 2 heteroatoms. The van der Waals surface area contributed by atoms with Crippen molar-refractivity contribution in [3.8, 4) is 0 Å². The molecule has 1 aliphatic carbocycles. The van der Waals surface area contributed by atoms with E-state index in [1.807, 2.05) is 0 Å². The minimum absolute atomic E-state index is 0.798. The molecule has 1 saturated heterocycles. The lowest BCUT2D eigenvalue weighted by atomic mass is 9.77. The van der Waals surface area contributed by atoms with Crippen LogP contribution in [0.5, 0.6) is 0 Å². The molecule has 0 aromatic heterocycles. The van der Waals surface area contributed by atoms with E-state index in [0.29, 0.717) is 0 Å². The quantitative estimate of drug-likeness (QED) is 0.379. The number of nitrogens with zero attached hydrogens (tertiary/aromatic N) is 1. The Hall–Kier alpha value is 0.440. The Balaban J connectivity index is 1.43. The highest BCUT2D eigenvalue weighted by Gasteiger charge is 2.36. The zero-order valence-corrected chi connectivity index (χ0v) is 14.9. The fourth-order valence-electron chi connectivity index (χ4n) is 4.19. The molecule has 1 heterocycles. The average Bonchev–Trinajstić information content (AvgIpc) is 2.92. The van der Waals surface area contributed by atoms with Gasteiger partial charge in [-0.3, -0.25) is 0 Å². The van der Waals surface area contributed by atoms with Gasteiger partial charge in [0.2, 0.25) is 0 Å². The van der Waals surface area contributed by atoms with Crippen molar-refractivity contribution in [2.45, 2.75) is 83.5 Å². The molecule has 0 bridgehead atoms. The highest BCUT2D eigenvalue weighted by atomic mass is 79.9. The number of unbranched alkanes of at least 4 members (excludes halogenated alkanes) is 6. The molecule has 0 unspecified atom stereocenters. The third-order valence-corrected chi connectivity index (χ3v) is 6.25. The van der Waals surface area contributed by atoms with Crippen molar-refractivity contribution >= 4 is 15.9 Å². The second-order valence-corrected chi connectivity index (χ2v) is 8.01. The number of likely N-dealkylation sites (tertiary alicyclic amines) is 1. The summed E-state index contributed by atoms with van der Waals surface area (Å²) in [5.74, 6) is 0. The highest BCUT2D eigenvalue weighted by Crippen LogP contribution is 2.46. The molecule has 0 radical (unpaired) electrons. The van der Waals surface area contributed by atoms with Crippen molar-refractivity contribution in [1.29, 1.82) is 0 Å². The van der Waals surface area contributed by atoms with Gasteiger partial charge in [0.1, 0.15) is 0 Å². The molecule has 2 rings (SSSR count). The van der Waals surface area contributed by atoms with Crippen LogP contribution < -0.4 is 0 Å². The largest absolute Gasteiger partial charge is 0.303 e. The van der Waals surface area contributed by atoms with Crippen molar-refractivity contribution in [3.63, 3.8) is 0 Å². The van der Waals surface area contributed by atoms with Crippen molar-refractivity contribution in [2.75, 3.05) is 25.0 Å². The van der Waals surface area contributed by atoms with Gasteiger partial charge in [-0.2, -0.15) is 0 Å². The van der Waals surface area contributed by atoms with Crippen LogP contribution in [0.4, 0.5) is 0 Å². The molecule has 1 saturated carbocycles. The number of rotatable bonds is 9. The van der Waals surface area contributed by atoms with Gasteiger partial charge in [-0.15, -0.1) is 0 Å². The van der Waals surface area contributed by atoms with E-state index < -0.39 is 0 Å². The number of halogens is 1. The van der Waals surface area contributed by atoms with Gasteiger partial charge in [0.15, 0.2) is 0 Å². The molecule has 1 aliphatic heterocycles. The second-order valence-electron chi connectivity index (χ2n) is 7.21. The van der Waals surface area contributed by atoms with Crippen molar-refractivity contribution in [2.24, 2.45) is 5.41 Å². The highest BCUT2D eigenvalue weighted by molar-refractivity contribution is 9.09. The Morgan fingerprint density at radius 1 is 0.700 bits per heavy atom. The molecular weight excluding hydrogens is 310 g/mol. The fraction of sp³-hybridized carbons (Fsp3) is 1.00. The number of alkyl halides is 1. The number of hydrogen-bond donors (Lipinski definition) is 0. The van der Waals surface area contributed by atoms with Crippen LogP contribution in [0.25, 0.3) is 0 Å². The van der Waals surface area contributed by atoms with Crippen LogP contribution in [0.15, 0.2) is 0 Å². The van der Waals surface area contributed by atoms with E-state index in [1.54, 1.807) is 0 Å². The van der Waals surface area contributed by atoms with Gasteiger partial charge in [-0.25, -0.2) is 0 Å². The predicted octanol–water partition coefficient (Wildman–Crippen LogP) is 5.77. The monoisotopic (exact) mass is 343 g/mol. The van der Waals surface area contributed by atoms with E-state index in [9.17, 15) is 0 Å². The molecule has 2 fully saturated rings. The van der Waals surface area contributed by atoms with Gasteiger partial charge in [-0.05, 0) is 63.6 Å². The first-order valence-corrected chi connectivity index (χ1v) is 10.3. The van der Waals surface area contributed by atoms with E-state index in [-0.39, 0.29) is 0 Å². The number of hydrogen-bond acceptors (Lipinski definition) is 1. The standard InChI is InChI=1S/C18H34BrN/c19-14-8-4-2-1-3-5-9-15-20-16-12-18(13-17-20)10-6-7-11-18/h1-17H2. The molecule has 2 aliphatic rings. The predicted molar refractivity (Wildman–Crippen MR) is 92.7 cm³/mol. The van der Waals surface area contributed by atoms with Crippen molar-refractivity contribution in [3.05, 3.63) is 0 Å². The average molecular weight is 344 g/mol. The maximum atomic E-state index is 3.50. The first-order valence-electron chi connectivity index (χ1n) is 9.13. The van der Waals surface area contributed by atoms with Gasteiger partial charge in [0, 0.05) is 5.33 Å². The summed E-state index contributed by atoms with van der Waals surface area (Å²) in [6.07, 6.45) is 19.1. The summed E-state index contributed by atoms with van der Waals surface area (Å²) >= 11 is 3.50. The van der Waals surface area contributed by atoms with E-state index in [1.165, 1.54) is 108 Å². The van der Waals surface area contributed by atoms with E-state index in [2.05, 4.69) is 20.8 Å². The summed E-state index contributed by atoms with van der Waals surface area (Å²) < 4.78 is 0. The first-order chi connectivity index (χ1) is 9.85. The van der Waals surface area contributed by atoms with Gasteiger partial charge >= 0.3 is 0 Å². The molecule has 0 aromatic rings. The maximum absolute atomic E-state index is 3.50. The van der Waals surface area contributed by atoms with Crippen molar-refractivity contribution < 1.29 is 0 Å². The lowest BCUT2D eigenvalue weighted by Crippen LogP contribution is -2.39. The maximum Gasteiger partial charge on any atom is 0.00313 e. The smallest absolute Gasteiger partial charge is 0.00313 e. The Morgan fingerprint density at radius 2 is 1.25 bits per heavy atom. The third-order valence-electron chi connectivity index (χ3n) is 5.69. The summed E-state index contributed by atoms with van der Waals surface area (Å²) in [7, 11) is 0. The molecule has 0 atom stereocenters. The molecule has 0 amide bonds. The molecule has 20 heavy (non-hydrogen) atoms. The molecule has 0 N–H and O–H groups in total. The van der Waals surface area contributed by atoms with Crippen LogP contribution >= 0.6 is 15.9 Å². The second kappa shape index (κ2) is 9.46. The fourth-order valence-corrected chi connectivity index (χ4v) is 4.59. The molecular formula is C18H34BrN. The Kier molecular flexibility index (Phi) is 7.94. The van der Waals surface area contributed by atoms with Crippen molar-refractivity contribution in [1.82, 2.24) is 4.90 Å². The van der Waals surface area contributed by atoms with Gasteiger partial charge in [-0.1, -0.05) is 60.9 Å². The van der Waals surface area contributed by atoms with Gasteiger partial charge in [0.25, 0.3) is 0 Å². The topological polar surface area (TPSA) is 3.24 Å². The molecule has 1 spiro atoms. The lowest BCUT2D eigenvalue weighted by Gasteiger charge is -2.39. The Bertz CT molecular complexity index is 238. The van der Waals surface area contributed by atoms with E-state index in [0.717, 1.165) is 5.41 Å². The van der Waals surface area contributed by atoms with Crippen LogP contribution in [0.2, 0.25) is 0 Å². The zero-order valence-electron chi connectivity index (χ0n) is 13.3. The summed E-state index contributed by atoms with van der Waals surface area (Å²) in [5.41, 5.74) is 0.798. The van der Waals surface area contributed by atoms with Crippen LogP contribution in [0.3, 0.4) is 0 Å². The van der Waals surface area contributed by atoms with Gasteiger partial charge < -0.3 is 4.90 Å². The number of piperidine rings is 1. The Morgan fingerprint density at radius 3 is 1.85 bits per heavy atom. The molecule has 118 valence electrons. The van der Waals surface area contributed by atoms with Crippen LogP contribution in [0, 0.1) is 5.41 Å². The minimum Gasteiger partial charge on any atom is -0.303 e. The van der Waals surface area contributed by atoms with E-state index >= 15 is 0 Å². The first kappa shape index (κ1) is 16.8.